The van der Waals surface area contributed by atoms with Crippen LogP contribution in [0.3, 0.4) is 0 Å². The molecule has 1 aliphatic rings. The molecule has 0 saturated carbocycles. The van der Waals surface area contributed by atoms with E-state index in [-0.39, 0.29) is 0 Å². The first-order chi connectivity index (χ1) is 7.72. The Bertz CT molecular complexity index is 485. The van der Waals surface area contributed by atoms with Gasteiger partial charge in [-0.2, -0.15) is 0 Å². The first-order valence-electron chi connectivity index (χ1n) is 5.25. The fourth-order valence-electron chi connectivity index (χ4n) is 1.79. The molecule has 0 aromatic carbocycles. The lowest BCUT2D eigenvalue weighted by molar-refractivity contribution is 0.468. The molecule has 0 atom stereocenters. The van der Waals surface area contributed by atoms with Crippen LogP contribution in [0, 0.1) is 10.8 Å². The summed E-state index contributed by atoms with van der Waals surface area (Å²) < 4.78 is 1.45. The molecule has 0 unspecified atom stereocenters. The molecule has 2 rings (SSSR count). The van der Waals surface area contributed by atoms with Crippen LogP contribution in [0.5, 0.6) is 0 Å². The van der Waals surface area contributed by atoms with Crippen LogP contribution >= 0.6 is 0 Å². The highest BCUT2D eigenvalue weighted by atomic mass is 15.2. The van der Waals surface area contributed by atoms with Crippen LogP contribution in [-0.4, -0.2) is 41.8 Å². The zero-order valence-electron chi connectivity index (χ0n) is 9.27. The highest BCUT2D eigenvalue weighted by Gasteiger charge is 2.12. The quantitative estimate of drug-likeness (QED) is 0.550. The molecule has 2 heterocycles. The normalized spacial score (nSPS) is 15.8. The van der Waals surface area contributed by atoms with Gasteiger partial charge in [0.1, 0.15) is 11.3 Å². The molecule has 1 aromatic rings. The fraction of sp³-hybridized carbons (Fsp3) is 0.364. The van der Waals surface area contributed by atoms with Crippen LogP contribution < -0.4 is 5.49 Å². The minimum atomic E-state index is 0.300. The first-order valence-corrected chi connectivity index (χ1v) is 5.25. The predicted octanol–water partition coefficient (Wildman–Crippen LogP) is 0.505. The van der Waals surface area contributed by atoms with E-state index in [1.54, 1.807) is 12.3 Å². The molecular formula is C11H15N5. The number of nitrogens with one attached hydrogen (secondary N) is 2. The number of rotatable bonds is 2. The number of amidine groups is 1. The average Bonchev–Trinajstić information content (AvgIpc) is 2.29. The van der Waals surface area contributed by atoms with Crippen molar-refractivity contribution in [3.63, 3.8) is 0 Å². The second-order valence-corrected chi connectivity index (χ2v) is 3.82. The summed E-state index contributed by atoms with van der Waals surface area (Å²) in [7, 11) is 2.01. The second kappa shape index (κ2) is 4.30. The van der Waals surface area contributed by atoms with E-state index in [0.29, 0.717) is 5.49 Å². The summed E-state index contributed by atoms with van der Waals surface area (Å²) in [6.07, 6.45) is 3.93. The Kier molecular flexibility index (Phi) is 2.85. The summed E-state index contributed by atoms with van der Waals surface area (Å²) in [6.45, 7) is 1.86. The van der Waals surface area contributed by atoms with Gasteiger partial charge in [0.15, 0.2) is 0 Å². The van der Waals surface area contributed by atoms with Gasteiger partial charge in [-0.15, -0.1) is 0 Å². The van der Waals surface area contributed by atoms with Gasteiger partial charge in [-0.05, 0) is 18.6 Å². The zero-order valence-corrected chi connectivity index (χ0v) is 9.27. The van der Waals surface area contributed by atoms with E-state index in [4.69, 9.17) is 10.8 Å². The van der Waals surface area contributed by atoms with Gasteiger partial charge in [0.25, 0.3) is 0 Å². The van der Waals surface area contributed by atoms with Gasteiger partial charge < -0.3 is 4.90 Å². The Hall–Kier alpha value is -1.91. The Morgan fingerprint density at radius 2 is 2.31 bits per heavy atom. The molecule has 0 aliphatic carbocycles. The molecule has 0 saturated heterocycles. The lowest BCUT2D eigenvalue weighted by Gasteiger charge is -2.25. The van der Waals surface area contributed by atoms with Crippen LogP contribution in [0.25, 0.3) is 0 Å². The Morgan fingerprint density at radius 3 is 2.94 bits per heavy atom. The second-order valence-electron chi connectivity index (χ2n) is 3.82. The van der Waals surface area contributed by atoms with Gasteiger partial charge in [-0.3, -0.25) is 20.4 Å². The molecule has 84 valence electrons. The van der Waals surface area contributed by atoms with Gasteiger partial charge >= 0.3 is 0 Å². The van der Waals surface area contributed by atoms with Gasteiger partial charge in [-0.1, -0.05) is 0 Å². The van der Waals surface area contributed by atoms with Crippen LogP contribution in [0.15, 0.2) is 23.3 Å². The number of hydrogen-bond acceptors (Lipinski definition) is 4. The van der Waals surface area contributed by atoms with Crippen molar-refractivity contribution in [1.29, 1.82) is 10.8 Å². The Labute approximate surface area is 94.1 Å². The molecule has 5 nitrogen and oxygen atoms in total. The highest BCUT2D eigenvalue weighted by molar-refractivity contribution is 5.98. The van der Waals surface area contributed by atoms with Gasteiger partial charge in [0.2, 0.25) is 0 Å². The number of pyridine rings is 1. The first kappa shape index (κ1) is 10.6. The summed E-state index contributed by atoms with van der Waals surface area (Å²) in [6, 6.07) is 3.63. The number of hydrogen-bond donors (Lipinski definition) is 2. The molecule has 0 amide bonds. The molecule has 16 heavy (non-hydrogen) atoms. The third kappa shape index (κ3) is 1.88. The maximum absolute atomic E-state index is 7.73. The lowest BCUT2D eigenvalue weighted by Crippen LogP contribution is -2.34. The van der Waals surface area contributed by atoms with Crippen LogP contribution in [0.1, 0.15) is 12.0 Å². The molecule has 0 bridgehead atoms. The van der Waals surface area contributed by atoms with Crippen molar-refractivity contribution >= 4 is 12.2 Å². The summed E-state index contributed by atoms with van der Waals surface area (Å²) >= 11 is 0. The van der Waals surface area contributed by atoms with E-state index >= 15 is 0 Å². The van der Waals surface area contributed by atoms with Crippen molar-refractivity contribution in [1.82, 2.24) is 9.47 Å². The predicted molar refractivity (Wildman–Crippen MR) is 63.1 cm³/mol. The Morgan fingerprint density at radius 1 is 1.50 bits per heavy atom. The van der Waals surface area contributed by atoms with Gasteiger partial charge in [-0.25, -0.2) is 0 Å². The van der Waals surface area contributed by atoms with Gasteiger partial charge in [0.05, 0.1) is 6.34 Å². The van der Waals surface area contributed by atoms with Crippen molar-refractivity contribution in [2.75, 3.05) is 20.1 Å². The van der Waals surface area contributed by atoms with Crippen molar-refractivity contribution < 1.29 is 0 Å². The number of aromatic nitrogens is 1. The molecule has 5 heteroatoms. The number of aliphatic imine (C=N–C) groups is 1. The smallest absolute Gasteiger partial charge is 0.130 e. The summed E-state index contributed by atoms with van der Waals surface area (Å²) in [5, 5.41) is 14.9. The number of nitrogens with zero attached hydrogens (tertiary/aromatic N) is 3. The van der Waals surface area contributed by atoms with E-state index in [9.17, 15) is 0 Å². The summed E-state index contributed by atoms with van der Waals surface area (Å²) in [5.41, 5.74) is 1.25. The van der Waals surface area contributed by atoms with E-state index in [1.165, 1.54) is 4.57 Å². The highest BCUT2D eigenvalue weighted by Crippen LogP contribution is 2.07. The van der Waals surface area contributed by atoms with Crippen LogP contribution in [-0.2, 0) is 0 Å². The zero-order chi connectivity index (χ0) is 11.5. The third-order valence-corrected chi connectivity index (χ3v) is 2.66. The van der Waals surface area contributed by atoms with Gasteiger partial charge in [0, 0.05) is 31.9 Å². The maximum Gasteiger partial charge on any atom is 0.130 e. The lowest BCUT2D eigenvalue weighted by atomic mass is 10.2. The fourth-order valence-corrected chi connectivity index (χ4v) is 1.79. The minimum Gasteiger partial charge on any atom is -0.359 e. The third-order valence-electron chi connectivity index (χ3n) is 2.66. The molecule has 0 spiro atoms. The van der Waals surface area contributed by atoms with Crippen molar-refractivity contribution in [2.24, 2.45) is 4.99 Å². The van der Waals surface area contributed by atoms with E-state index in [2.05, 4.69) is 9.89 Å². The molecule has 2 N–H and O–H groups in total. The van der Waals surface area contributed by atoms with E-state index in [1.807, 2.05) is 13.1 Å². The average molecular weight is 217 g/mol. The summed E-state index contributed by atoms with van der Waals surface area (Å²) in [4.78, 5) is 6.57. The SMILES string of the molecule is CN1CCCN=C1c1ccn(C=N)c(=N)c1. The van der Waals surface area contributed by atoms with Crippen LogP contribution in [0.2, 0.25) is 0 Å². The van der Waals surface area contributed by atoms with E-state index in [0.717, 1.165) is 37.2 Å². The largest absolute Gasteiger partial charge is 0.359 e. The van der Waals surface area contributed by atoms with Crippen molar-refractivity contribution in [3.8, 4) is 0 Å². The molecule has 1 aromatic heterocycles. The Balaban J connectivity index is 2.41. The standard InChI is InChI=1S/C11H15N5/c1-15-5-2-4-14-11(15)9-3-6-16(8-12)10(13)7-9/h3,6-8,12-13H,2,4-5H2,1H3. The molecular weight excluding hydrogens is 202 g/mol. The molecule has 0 radical (unpaired) electrons. The topological polar surface area (TPSA) is 68.2 Å². The summed E-state index contributed by atoms with van der Waals surface area (Å²) in [5.74, 6) is 0.942. The molecule has 0 fully saturated rings. The monoisotopic (exact) mass is 217 g/mol. The minimum absolute atomic E-state index is 0.300. The van der Waals surface area contributed by atoms with Crippen molar-refractivity contribution in [3.05, 3.63) is 29.4 Å². The maximum atomic E-state index is 7.73. The van der Waals surface area contributed by atoms with E-state index < -0.39 is 0 Å². The van der Waals surface area contributed by atoms with Crippen molar-refractivity contribution in [2.45, 2.75) is 6.42 Å². The molecule has 1 aliphatic heterocycles. The van der Waals surface area contributed by atoms with Crippen LogP contribution in [0.4, 0.5) is 0 Å².